The Labute approximate surface area is 47.3 Å². The SMILES string of the molecule is S=Cc1nc[nH]n1.[H+]. The first-order chi connectivity index (χ1) is 3.43. The van der Waals surface area contributed by atoms with Gasteiger partial charge in [0.2, 0.25) is 0 Å². The molecular weight excluding hydrogens is 110 g/mol. The van der Waals surface area contributed by atoms with Crippen molar-refractivity contribution in [3.05, 3.63) is 12.2 Å². The van der Waals surface area contributed by atoms with Gasteiger partial charge in [0, 0.05) is 5.37 Å². The van der Waals surface area contributed by atoms with E-state index in [0.29, 0.717) is 5.82 Å². The second kappa shape index (κ2) is 1.79. The van der Waals surface area contributed by atoms with Gasteiger partial charge in [0.15, 0.2) is 5.82 Å². The molecular formula is C3H4N3S+. The fourth-order valence-corrected chi connectivity index (χ4v) is 0.389. The van der Waals surface area contributed by atoms with Gasteiger partial charge in [0.05, 0.1) is 0 Å². The Morgan fingerprint density at radius 1 is 2.00 bits per heavy atom. The predicted octanol–water partition coefficient (Wildman–Crippen LogP) is 0.265. The molecule has 1 N–H and O–H groups in total. The first kappa shape index (κ1) is 4.39. The molecule has 0 atom stereocenters. The summed E-state index contributed by atoms with van der Waals surface area (Å²) in [6.45, 7) is 0. The highest BCUT2D eigenvalue weighted by Crippen LogP contribution is 1.74. The van der Waals surface area contributed by atoms with Crippen LogP contribution >= 0.6 is 12.2 Å². The van der Waals surface area contributed by atoms with Crippen LogP contribution in [0.3, 0.4) is 0 Å². The minimum absolute atomic E-state index is 0. The van der Waals surface area contributed by atoms with Crippen molar-refractivity contribution in [2.24, 2.45) is 0 Å². The van der Waals surface area contributed by atoms with Gasteiger partial charge in [-0.3, -0.25) is 5.10 Å². The lowest BCUT2D eigenvalue weighted by Gasteiger charge is -1.66. The van der Waals surface area contributed by atoms with E-state index in [9.17, 15) is 0 Å². The maximum Gasteiger partial charge on any atom is 1.00 e. The van der Waals surface area contributed by atoms with Crippen molar-refractivity contribution in [3.63, 3.8) is 0 Å². The number of aromatic amines is 1. The number of nitrogens with zero attached hydrogens (tertiary/aromatic N) is 2. The smallest absolute Gasteiger partial charge is 0.265 e. The molecule has 0 radical (unpaired) electrons. The Kier molecular flexibility index (Phi) is 1.12. The average molecular weight is 114 g/mol. The van der Waals surface area contributed by atoms with Crippen LogP contribution in [0.25, 0.3) is 0 Å². The zero-order chi connectivity index (χ0) is 5.11. The molecule has 0 spiro atoms. The van der Waals surface area contributed by atoms with Crippen molar-refractivity contribution in [1.29, 1.82) is 0 Å². The number of nitrogens with one attached hydrogen (secondary N) is 1. The third kappa shape index (κ3) is 0.806. The van der Waals surface area contributed by atoms with E-state index < -0.39 is 0 Å². The van der Waals surface area contributed by atoms with Crippen LogP contribution in [0.15, 0.2) is 6.33 Å². The van der Waals surface area contributed by atoms with Gasteiger partial charge < -0.3 is 0 Å². The van der Waals surface area contributed by atoms with Crippen LogP contribution < -0.4 is 0 Å². The molecule has 0 amide bonds. The molecule has 7 heavy (non-hydrogen) atoms. The molecule has 0 saturated carbocycles. The van der Waals surface area contributed by atoms with Gasteiger partial charge in [-0.05, 0) is 0 Å². The molecule has 4 heteroatoms. The predicted molar refractivity (Wildman–Crippen MR) is 30.3 cm³/mol. The molecule has 0 fully saturated rings. The highest BCUT2D eigenvalue weighted by atomic mass is 32.1. The van der Waals surface area contributed by atoms with Crippen molar-refractivity contribution in [2.45, 2.75) is 0 Å². The summed E-state index contributed by atoms with van der Waals surface area (Å²) in [6.07, 6.45) is 1.48. The van der Waals surface area contributed by atoms with E-state index in [1.165, 1.54) is 11.7 Å². The minimum atomic E-state index is 0. The van der Waals surface area contributed by atoms with E-state index in [-0.39, 0.29) is 1.43 Å². The summed E-state index contributed by atoms with van der Waals surface area (Å²) in [5, 5.41) is 7.57. The lowest BCUT2D eigenvalue weighted by atomic mass is 10.8. The number of hydrogen-bond donors (Lipinski definition) is 1. The van der Waals surface area contributed by atoms with Gasteiger partial charge in [-0.1, -0.05) is 12.2 Å². The summed E-state index contributed by atoms with van der Waals surface area (Å²) >= 11 is 4.50. The Hall–Kier alpha value is -0.770. The average Bonchev–Trinajstić information content (AvgIpc) is 2.14. The fourth-order valence-electron chi connectivity index (χ4n) is 0.276. The van der Waals surface area contributed by atoms with Gasteiger partial charge >= 0.3 is 1.43 Å². The van der Waals surface area contributed by atoms with E-state index in [1.54, 1.807) is 0 Å². The largest absolute Gasteiger partial charge is 1.00 e. The zero-order valence-corrected chi connectivity index (χ0v) is 4.27. The highest BCUT2D eigenvalue weighted by molar-refractivity contribution is 7.79. The van der Waals surface area contributed by atoms with Crippen LogP contribution in [0, 0.1) is 0 Å². The number of rotatable bonds is 1. The monoisotopic (exact) mass is 114 g/mol. The highest BCUT2D eigenvalue weighted by Gasteiger charge is 1.82. The van der Waals surface area contributed by atoms with Gasteiger partial charge in [-0.2, -0.15) is 5.10 Å². The summed E-state index contributed by atoms with van der Waals surface area (Å²) in [6, 6.07) is 0. The second-order valence-corrected chi connectivity index (χ2v) is 1.21. The number of aromatic nitrogens is 3. The molecule has 0 aliphatic heterocycles. The standard InChI is InChI=1S/C3H3N3S/c7-1-3-4-2-5-6-3/h1-2H,(H,4,5,6)/p+1. The number of H-pyrrole nitrogens is 1. The molecule has 0 bridgehead atoms. The number of hydrogen-bond acceptors (Lipinski definition) is 3. The summed E-state index contributed by atoms with van der Waals surface area (Å²) in [7, 11) is 0. The van der Waals surface area contributed by atoms with Crippen LogP contribution in [-0.2, 0) is 0 Å². The Bertz CT molecular complexity index is 150. The van der Waals surface area contributed by atoms with E-state index >= 15 is 0 Å². The third-order valence-corrected chi connectivity index (χ3v) is 0.750. The zero-order valence-electron chi connectivity index (χ0n) is 4.46. The Morgan fingerprint density at radius 2 is 2.86 bits per heavy atom. The molecule has 0 saturated heterocycles. The topological polar surface area (TPSA) is 41.6 Å². The van der Waals surface area contributed by atoms with Crippen LogP contribution in [0.2, 0.25) is 0 Å². The maximum absolute atomic E-state index is 4.50. The Balaban J connectivity index is 0.000000490. The van der Waals surface area contributed by atoms with Crippen LogP contribution in [-0.4, -0.2) is 20.5 Å². The Morgan fingerprint density at radius 3 is 3.14 bits per heavy atom. The normalized spacial score (nSPS) is 8.57. The summed E-state index contributed by atoms with van der Waals surface area (Å²) in [4.78, 5) is 3.71. The van der Waals surface area contributed by atoms with Crippen molar-refractivity contribution in [2.75, 3.05) is 0 Å². The van der Waals surface area contributed by atoms with E-state index in [2.05, 4.69) is 27.4 Å². The lowest BCUT2D eigenvalue weighted by Crippen LogP contribution is -1.78. The van der Waals surface area contributed by atoms with Gasteiger partial charge in [0.1, 0.15) is 6.33 Å². The molecule has 0 aromatic carbocycles. The molecule has 0 aliphatic rings. The minimum Gasteiger partial charge on any atom is -0.265 e. The molecule has 1 aromatic heterocycles. The molecule has 1 rings (SSSR count). The van der Waals surface area contributed by atoms with E-state index in [1.807, 2.05) is 0 Å². The van der Waals surface area contributed by atoms with Crippen LogP contribution in [0.4, 0.5) is 0 Å². The lowest BCUT2D eigenvalue weighted by molar-refractivity contribution is 1.08. The van der Waals surface area contributed by atoms with E-state index in [0.717, 1.165) is 0 Å². The van der Waals surface area contributed by atoms with Crippen molar-refractivity contribution in [3.8, 4) is 0 Å². The van der Waals surface area contributed by atoms with Crippen LogP contribution in [0.5, 0.6) is 0 Å². The molecule has 0 aliphatic carbocycles. The van der Waals surface area contributed by atoms with Crippen molar-refractivity contribution < 1.29 is 1.43 Å². The van der Waals surface area contributed by atoms with Gasteiger partial charge in [-0.15, -0.1) is 0 Å². The van der Waals surface area contributed by atoms with Crippen LogP contribution in [0.1, 0.15) is 7.25 Å². The molecule has 3 nitrogen and oxygen atoms in total. The first-order valence-corrected chi connectivity index (χ1v) is 2.21. The molecule has 1 aromatic rings. The van der Waals surface area contributed by atoms with E-state index in [4.69, 9.17) is 0 Å². The maximum atomic E-state index is 4.50. The molecule has 36 valence electrons. The summed E-state index contributed by atoms with van der Waals surface area (Å²) in [5.74, 6) is 0.565. The summed E-state index contributed by atoms with van der Waals surface area (Å²) in [5.41, 5.74) is 0. The summed E-state index contributed by atoms with van der Waals surface area (Å²) < 4.78 is 0. The van der Waals surface area contributed by atoms with Crippen molar-refractivity contribution >= 4 is 17.6 Å². The second-order valence-electron chi connectivity index (χ2n) is 0.975. The van der Waals surface area contributed by atoms with Gasteiger partial charge in [-0.25, -0.2) is 4.98 Å². The van der Waals surface area contributed by atoms with Gasteiger partial charge in [0.25, 0.3) is 0 Å². The quantitative estimate of drug-likeness (QED) is 0.533. The fraction of sp³-hybridized carbons (Fsp3) is 0. The third-order valence-electron chi connectivity index (χ3n) is 0.539. The molecule has 1 heterocycles. The first-order valence-electron chi connectivity index (χ1n) is 1.74. The molecule has 0 unspecified atom stereocenters. The number of thiocarbonyl (C=S) groups is 1. The van der Waals surface area contributed by atoms with Crippen molar-refractivity contribution in [1.82, 2.24) is 15.2 Å².